The van der Waals surface area contributed by atoms with E-state index in [1.54, 1.807) is 6.07 Å². The van der Waals surface area contributed by atoms with Gasteiger partial charge in [0.15, 0.2) is 0 Å². The van der Waals surface area contributed by atoms with Crippen LogP contribution in [0.2, 0.25) is 0 Å². The van der Waals surface area contributed by atoms with Crippen LogP contribution < -0.4 is 11.0 Å². The molecule has 0 aliphatic heterocycles. The zero-order valence-electron chi connectivity index (χ0n) is 14.9. The number of pyridine rings is 1. The molecule has 1 fully saturated rings. The number of benzene rings is 2. The van der Waals surface area contributed by atoms with E-state index in [2.05, 4.69) is 4.37 Å². The molecule has 27 heavy (non-hydrogen) atoms. The van der Waals surface area contributed by atoms with E-state index < -0.39 is 16.8 Å². The fourth-order valence-electron chi connectivity index (χ4n) is 3.68. The first kappa shape index (κ1) is 16.4. The number of aromatic nitrogens is 2. The summed E-state index contributed by atoms with van der Waals surface area (Å²) in [5.74, 6) is -0.448. The number of hydrogen-bond donors (Lipinski definition) is 1. The van der Waals surface area contributed by atoms with Gasteiger partial charge in [0.05, 0.1) is 5.52 Å². The average molecular weight is 380 g/mol. The number of fused-ring (bicyclic) bond motifs is 2. The Hall–Kier alpha value is -2.73. The average Bonchev–Trinajstić information content (AvgIpc) is 3.40. The van der Waals surface area contributed by atoms with Crippen molar-refractivity contribution in [3.8, 4) is 11.1 Å². The summed E-state index contributed by atoms with van der Waals surface area (Å²) in [6.07, 6.45) is 1.99. The van der Waals surface area contributed by atoms with Crippen molar-refractivity contribution in [1.29, 1.82) is 0 Å². The minimum atomic E-state index is -0.448. The number of nitrogens with one attached hydrogen (secondary N) is 1. The van der Waals surface area contributed by atoms with Gasteiger partial charge in [-0.05, 0) is 67.0 Å². The molecule has 4 aromatic rings. The van der Waals surface area contributed by atoms with Gasteiger partial charge in [-0.3, -0.25) is 14.0 Å². The lowest BCUT2D eigenvalue weighted by molar-refractivity contribution is 0.632. The summed E-state index contributed by atoms with van der Waals surface area (Å²) in [5.41, 5.74) is 3.40. The van der Waals surface area contributed by atoms with E-state index in [-0.39, 0.29) is 16.8 Å². The molecule has 1 N–H and O–H groups in total. The number of aromatic amines is 1. The van der Waals surface area contributed by atoms with Crippen molar-refractivity contribution in [2.45, 2.75) is 32.7 Å². The van der Waals surface area contributed by atoms with Gasteiger partial charge in [0.2, 0.25) is 5.43 Å². The first-order valence-electron chi connectivity index (χ1n) is 8.92. The molecule has 1 saturated carbocycles. The summed E-state index contributed by atoms with van der Waals surface area (Å²) in [6.45, 7) is 4.02. The number of hydrogen-bond acceptors (Lipinski definition) is 3. The molecule has 2 heterocycles. The largest absolute Gasteiger partial charge is 0.328 e. The Morgan fingerprint density at radius 3 is 2.59 bits per heavy atom. The second kappa shape index (κ2) is 5.63. The fourth-order valence-corrected chi connectivity index (χ4v) is 4.60. The van der Waals surface area contributed by atoms with Gasteiger partial charge in [0.1, 0.15) is 16.0 Å². The molecular formula is C21H17FN2O2S. The van der Waals surface area contributed by atoms with Crippen molar-refractivity contribution in [3.63, 3.8) is 0 Å². The molecule has 136 valence electrons. The lowest BCUT2D eigenvalue weighted by atomic mass is 9.98. The molecule has 0 spiro atoms. The van der Waals surface area contributed by atoms with Crippen molar-refractivity contribution < 1.29 is 4.39 Å². The first-order valence-corrected chi connectivity index (χ1v) is 9.74. The zero-order valence-corrected chi connectivity index (χ0v) is 15.7. The SMILES string of the molecule is Cc1ccc(-c2cc3c(cc2F)c(=O)c2c(=O)[nH]sc2n3C2CC2)cc1C. The molecule has 0 radical (unpaired) electrons. The van der Waals surface area contributed by atoms with Gasteiger partial charge in [0.25, 0.3) is 5.56 Å². The van der Waals surface area contributed by atoms with Crippen LogP contribution in [0, 0.1) is 19.7 Å². The second-order valence-electron chi connectivity index (χ2n) is 7.29. The van der Waals surface area contributed by atoms with Gasteiger partial charge in [-0.2, -0.15) is 0 Å². The number of aryl methyl sites for hydroxylation is 2. The maximum absolute atomic E-state index is 15.0. The molecule has 0 bridgehead atoms. The van der Waals surface area contributed by atoms with Gasteiger partial charge < -0.3 is 4.57 Å². The molecule has 2 aromatic carbocycles. The van der Waals surface area contributed by atoms with E-state index in [4.69, 9.17) is 0 Å². The molecular weight excluding hydrogens is 363 g/mol. The van der Waals surface area contributed by atoms with Crippen molar-refractivity contribution in [2.24, 2.45) is 0 Å². The molecule has 0 saturated heterocycles. The summed E-state index contributed by atoms with van der Waals surface area (Å²) < 4.78 is 19.7. The Bertz CT molecular complexity index is 1360. The second-order valence-corrected chi connectivity index (χ2v) is 8.09. The third-order valence-corrected chi connectivity index (χ3v) is 6.33. The van der Waals surface area contributed by atoms with Gasteiger partial charge in [-0.25, -0.2) is 4.39 Å². The van der Waals surface area contributed by atoms with Gasteiger partial charge in [-0.15, -0.1) is 0 Å². The molecule has 1 aliphatic carbocycles. The Morgan fingerprint density at radius 1 is 1.11 bits per heavy atom. The van der Waals surface area contributed by atoms with E-state index in [0.29, 0.717) is 15.9 Å². The van der Waals surface area contributed by atoms with E-state index in [1.807, 2.05) is 36.6 Å². The summed E-state index contributed by atoms with van der Waals surface area (Å²) >= 11 is 1.18. The lowest BCUT2D eigenvalue weighted by Crippen LogP contribution is -2.15. The highest BCUT2D eigenvalue weighted by Gasteiger charge is 2.29. The molecule has 4 nitrogen and oxygen atoms in total. The van der Waals surface area contributed by atoms with Crippen LogP contribution in [0.25, 0.3) is 32.2 Å². The maximum Gasteiger partial charge on any atom is 0.271 e. The van der Waals surface area contributed by atoms with Crippen LogP contribution in [0.5, 0.6) is 0 Å². The highest BCUT2D eigenvalue weighted by atomic mass is 32.1. The van der Waals surface area contributed by atoms with Gasteiger partial charge in [-0.1, -0.05) is 18.2 Å². The monoisotopic (exact) mass is 380 g/mol. The van der Waals surface area contributed by atoms with Gasteiger partial charge in [0, 0.05) is 17.0 Å². The minimum absolute atomic E-state index is 0.137. The van der Waals surface area contributed by atoms with Gasteiger partial charge >= 0.3 is 0 Å². The normalized spacial score (nSPS) is 14.3. The smallest absolute Gasteiger partial charge is 0.271 e. The Labute approximate surface area is 158 Å². The summed E-state index contributed by atoms with van der Waals surface area (Å²) in [6, 6.07) is 9.14. The van der Waals surface area contributed by atoms with Crippen molar-refractivity contribution in [1.82, 2.24) is 8.94 Å². The summed E-state index contributed by atoms with van der Waals surface area (Å²) in [5, 5.41) is 0.404. The number of nitrogens with zero attached hydrogens (tertiary/aromatic N) is 1. The van der Waals surface area contributed by atoms with E-state index >= 15 is 0 Å². The van der Waals surface area contributed by atoms with E-state index in [1.165, 1.54) is 17.6 Å². The Balaban J connectivity index is 1.91. The number of halogens is 1. The highest BCUT2D eigenvalue weighted by Crippen LogP contribution is 2.40. The van der Waals surface area contributed by atoms with E-state index in [9.17, 15) is 14.0 Å². The van der Waals surface area contributed by atoms with Crippen molar-refractivity contribution in [3.05, 3.63) is 67.9 Å². The maximum atomic E-state index is 15.0. The quantitative estimate of drug-likeness (QED) is 0.550. The Morgan fingerprint density at radius 2 is 1.89 bits per heavy atom. The summed E-state index contributed by atoms with van der Waals surface area (Å²) in [4.78, 5) is 25.7. The molecule has 0 amide bonds. The summed E-state index contributed by atoms with van der Waals surface area (Å²) in [7, 11) is 0. The molecule has 0 atom stereocenters. The highest BCUT2D eigenvalue weighted by molar-refractivity contribution is 7.12. The van der Waals surface area contributed by atoms with Crippen LogP contribution in [0.4, 0.5) is 4.39 Å². The minimum Gasteiger partial charge on any atom is -0.328 e. The van der Waals surface area contributed by atoms with Crippen molar-refractivity contribution in [2.75, 3.05) is 0 Å². The van der Waals surface area contributed by atoms with Crippen LogP contribution in [0.3, 0.4) is 0 Å². The third kappa shape index (κ3) is 2.40. The van der Waals surface area contributed by atoms with E-state index in [0.717, 1.165) is 29.5 Å². The predicted octanol–water partition coefficient (Wildman–Crippen LogP) is 4.66. The first-order chi connectivity index (χ1) is 13.0. The third-order valence-electron chi connectivity index (χ3n) is 5.45. The fraction of sp³-hybridized carbons (Fsp3) is 0.238. The molecule has 1 aliphatic rings. The molecule has 6 heteroatoms. The van der Waals surface area contributed by atoms with Crippen LogP contribution in [-0.2, 0) is 0 Å². The topological polar surface area (TPSA) is 54.9 Å². The molecule has 0 unspecified atom stereocenters. The van der Waals surface area contributed by atoms with Crippen LogP contribution in [0.15, 0.2) is 39.9 Å². The number of rotatable bonds is 2. The standard InChI is InChI=1S/C21H17FN2O2S/c1-10-3-4-12(7-11(10)2)14-9-17-15(8-16(14)22)19(25)18-20(26)23-27-21(18)24(17)13-5-6-13/h3-4,7-9,13H,5-6H2,1-2H3,(H,23,26). The molecule has 5 rings (SSSR count). The Kier molecular flexibility index (Phi) is 3.43. The van der Waals surface area contributed by atoms with Crippen molar-refractivity contribution >= 4 is 32.7 Å². The van der Waals surface area contributed by atoms with Crippen LogP contribution >= 0.6 is 11.5 Å². The lowest BCUT2D eigenvalue weighted by Gasteiger charge is -2.14. The number of H-pyrrole nitrogens is 1. The predicted molar refractivity (Wildman–Crippen MR) is 107 cm³/mol. The molecule has 2 aromatic heterocycles. The zero-order chi connectivity index (χ0) is 18.9. The van der Waals surface area contributed by atoms with Crippen LogP contribution in [-0.4, -0.2) is 8.94 Å². The van der Waals surface area contributed by atoms with Crippen LogP contribution in [0.1, 0.15) is 30.0 Å².